The van der Waals surface area contributed by atoms with Crippen LogP contribution in [0.2, 0.25) is 0 Å². The average Bonchev–Trinajstić information content (AvgIpc) is 2.41. The van der Waals surface area contributed by atoms with E-state index in [2.05, 4.69) is 10.2 Å². The highest BCUT2D eigenvalue weighted by Crippen LogP contribution is 2.09. The van der Waals surface area contributed by atoms with Gasteiger partial charge in [0.15, 0.2) is 0 Å². The van der Waals surface area contributed by atoms with Crippen LogP contribution in [0.25, 0.3) is 0 Å². The van der Waals surface area contributed by atoms with Crippen molar-refractivity contribution in [2.45, 2.75) is 25.4 Å². The molecule has 19 heavy (non-hydrogen) atoms. The average molecular weight is 263 g/mol. The van der Waals surface area contributed by atoms with Crippen LogP contribution in [0.1, 0.15) is 18.4 Å². The molecule has 104 valence electrons. The minimum Gasteiger partial charge on any atom is -0.508 e. The lowest BCUT2D eigenvalue weighted by Gasteiger charge is -2.29. The number of phenols is 1. The van der Waals surface area contributed by atoms with E-state index >= 15 is 0 Å². The molecule has 1 aliphatic rings. The van der Waals surface area contributed by atoms with Crippen molar-refractivity contribution < 1.29 is 9.90 Å². The largest absolute Gasteiger partial charge is 0.508 e. The quantitative estimate of drug-likeness (QED) is 0.736. The maximum Gasteiger partial charge on any atom is 0.234 e. The first-order valence-corrected chi connectivity index (χ1v) is 6.66. The molecule has 0 aromatic heterocycles. The predicted octanol–water partition coefficient (Wildman–Crippen LogP) is 0.432. The maximum atomic E-state index is 11.8. The Morgan fingerprint density at radius 2 is 1.95 bits per heavy atom. The Morgan fingerprint density at radius 3 is 2.58 bits per heavy atom. The number of nitrogens with one attached hydrogen (secondary N) is 1. The minimum atomic E-state index is 0.0311. The van der Waals surface area contributed by atoms with Crippen molar-refractivity contribution in [3.05, 3.63) is 29.8 Å². The Morgan fingerprint density at radius 1 is 1.32 bits per heavy atom. The first-order chi connectivity index (χ1) is 9.13. The van der Waals surface area contributed by atoms with E-state index in [-0.39, 0.29) is 17.7 Å². The molecule has 2 rings (SSSR count). The third-order valence-corrected chi connectivity index (χ3v) is 3.43. The van der Waals surface area contributed by atoms with E-state index in [9.17, 15) is 4.79 Å². The number of hydrogen-bond donors (Lipinski definition) is 3. The molecule has 4 N–H and O–H groups in total. The lowest BCUT2D eigenvalue weighted by atomic mass is 10.1. The number of nitrogens with zero attached hydrogens (tertiary/aromatic N) is 1. The number of carbonyl (C=O) groups excluding carboxylic acids is 1. The van der Waals surface area contributed by atoms with Crippen LogP contribution in [0.4, 0.5) is 0 Å². The van der Waals surface area contributed by atoms with E-state index in [1.807, 2.05) is 0 Å². The van der Waals surface area contributed by atoms with Gasteiger partial charge >= 0.3 is 0 Å². The summed E-state index contributed by atoms with van der Waals surface area (Å²) in [6, 6.07) is 7.13. The molecule has 5 nitrogen and oxygen atoms in total. The van der Waals surface area contributed by atoms with E-state index in [0.717, 1.165) is 31.5 Å². The molecule has 0 saturated carbocycles. The van der Waals surface area contributed by atoms with Gasteiger partial charge in [0.25, 0.3) is 0 Å². The summed E-state index contributed by atoms with van der Waals surface area (Å²) >= 11 is 0. The van der Waals surface area contributed by atoms with Crippen molar-refractivity contribution in [1.82, 2.24) is 10.2 Å². The number of hydrogen-bond acceptors (Lipinski definition) is 4. The van der Waals surface area contributed by atoms with E-state index < -0.39 is 0 Å². The number of amides is 1. The first kappa shape index (κ1) is 13.8. The molecule has 1 amide bonds. The van der Waals surface area contributed by atoms with Crippen molar-refractivity contribution in [1.29, 1.82) is 0 Å². The Bertz CT molecular complexity index is 411. The van der Waals surface area contributed by atoms with E-state index in [1.54, 1.807) is 24.3 Å². The van der Waals surface area contributed by atoms with Gasteiger partial charge in [0, 0.05) is 25.7 Å². The van der Waals surface area contributed by atoms with Gasteiger partial charge in [-0.1, -0.05) is 12.1 Å². The molecule has 0 aliphatic carbocycles. The molecule has 1 aromatic carbocycles. The van der Waals surface area contributed by atoms with E-state index in [4.69, 9.17) is 10.8 Å². The summed E-state index contributed by atoms with van der Waals surface area (Å²) in [6.45, 7) is 2.72. The zero-order chi connectivity index (χ0) is 13.7. The lowest BCUT2D eigenvalue weighted by molar-refractivity contribution is -0.122. The summed E-state index contributed by atoms with van der Waals surface area (Å²) < 4.78 is 0. The third-order valence-electron chi connectivity index (χ3n) is 3.43. The zero-order valence-corrected chi connectivity index (χ0v) is 11.0. The van der Waals surface area contributed by atoms with Crippen LogP contribution in [0.5, 0.6) is 5.75 Å². The topological polar surface area (TPSA) is 78.6 Å². The normalized spacial score (nSPS) is 17.3. The monoisotopic (exact) mass is 263 g/mol. The fourth-order valence-corrected chi connectivity index (χ4v) is 2.18. The van der Waals surface area contributed by atoms with Gasteiger partial charge in [-0.05, 0) is 30.5 Å². The first-order valence-electron chi connectivity index (χ1n) is 6.66. The van der Waals surface area contributed by atoms with Gasteiger partial charge in [-0.2, -0.15) is 0 Å². The van der Waals surface area contributed by atoms with Crippen LogP contribution in [0.3, 0.4) is 0 Å². The maximum absolute atomic E-state index is 11.8. The Labute approximate surface area is 113 Å². The van der Waals surface area contributed by atoms with Gasteiger partial charge in [0.1, 0.15) is 5.75 Å². The Balaban J connectivity index is 1.71. The summed E-state index contributed by atoms with van der Waals surface area (Å²) in [7, 11) is 0. The number of nitrogens with two attached hydrogens (primary N) is 1. The molecule has 1 fully saturated rings. The van der Waals surface area contributed by atoms with Crippen LogP contribution in [0.15, 0.2) is 24.3 Å². The number of likely N-dealkylation sites (tertiary alicyclic amines) is 1. The third kappa shape index (κ3) is 4.54. The van der Waals surface area contributed by atoms with Crippen molar-refractivity contribution >= 4 is 5.91 Å². The van der Waals surface area contributed by atoms with Gasteiger partial charge in [-0.15, -0.1) is 0 Å². The van der Waals surface area contributed by atoms with Crippen LogP contribution in [0, 0.1) is 0 Å². The summed E-state index contributed by atoms with van der Waals surface area (Å²) in [6.07, 6.45) is 1.93. The molecule has 1 aromatic rings. The fraction of sp³-hybridized carbons (Fsp3) is 0.500. The second-order valence-electron chi connectivity index (χ2n) is 5.06. The molecule has 1 aliphatic heterocycles. The predicted molar refractivity (Wildman–Crippen MR) is 73.6 cm³/mol. The second-order valence-corrected chi connectivity index (χ2v) is 5.06. The molecular formula is C14H21N3O2. The number of benzene rings is 1. The molecule has 0 spiro atoms. The standard InChI is InChI=1S/C14H21N3O2/c15-12-5-7-17(8-6-12)10-14(19)16-9-11-1-3-13(18)4-2-11/h1-4,12,18H,5-10,15H2,(H,16,19). The number of aromatic hydroxyl groups is 1. The number of carbonyl (C=O) groups is 1. The minimum absolute atomic E-state index is 0.0311. The summed E-state index contributed by atoms with van der Waals surface area (Å²) in [4.78, 5) is 13.9. The van der Waals surface area contributed by atoms with Gasteiger partial charge < -0.3 is 16.2 Å². The van der Waals surface area contributed by atoms with Crippen molar-refractivity contribution in [3.8, 4) is 5.75 Å². The van der Waals surface area contributed by atoms with Crippen molar-refractivity contribution in [3.63, 3.8) is 0 Å². The van der Waals surface area contributed by atoms with Gasteiger partial charge in [-0.25, -0.2) is 0 Å². The summed E-state index contributed by atoms with van der Waals surface area (Å²) in [5.74, 6) is 0.267. The fourth-order valence-electron chi connectivity index (χ4n) is 2.18. The molecule has 0 bridgehead atoms. The van der Waals surface area contributed by atoms with E-state index in [1.165, 1.54) is 0 Å². The Kier molecular flexibility index (Phi) is 4.76. The smallest absolute Gasteiger partial charge is 0.234 e. The Hall–Kier alpha value is -1.59. The number of piperidine rings is 1. The van der Waals surface area contributed by atoms with Crippen LogP contribution in [-0.4, -0.2) is 41.6 Å². The molecule has 1 saturated heterocycles. The van der Waals surface area contributed by atoms with Crippen molar-refractivity contribution in [2.24, 2.45) is 5.73 Å². The summed E-state index contributed by atoms with van der Waals surface area (Å²) in [5.41, 5.74) is 6.81. The highest BCUT2D eigenvalue weighted by molar-refractivity contribution is 5.78. The number of rotatable bonds is 4. The van der Waals surface area contributed by atoms with Crippen LogP contribution in [-0.2, 0) is 11.3 Å². The zero-order valence-electron chi connectivity index (χ0n) is 11.0. The lowest BCUT2D eigenvalue weighted by Crippen LogP contribution is -2.44. The molecule has 1 heterocycles. The van der Waals surface area contributed by atoms with E-state index in [0.29, 0.717) is 13.1 Å². The van der Waals surface area contributed by atoms with Crippen LogP contribution >= 0.6 is 0 Å². The van der Waals surface area contributed by atoms with Crippen LogP contribution < -0.4 is 11.1 Å². The van der Waals surface area contributed by atoms with Gasteiger partial charge in [-0.3, -0.25) is 9.69 Å². The molecule has 0 radical (unpaired) electrons. The SMILES string of the molecule is NC1CCN(CC(=O)NCc2ccc(O)cc2)CC1. The highest BCUT2D eigenvalue weighted by atomic mass is 16.3. The summed E-state index contributed by atoms with van der Waals surface area (Å²) in [5, 5.41) is 12.1. The van der Waals surface area contributed by atoms with Gasteiger partial charge in [0.05, 0.1) is 6.54 Å². The molecular weight excluding hydrogens is 242 g/mol. The molecule has 0 atom stereocenters. The molecule has 0 unspecified atom stereocenters. The number of phenolic OH excluding ortho intramolecular Hbond substituents is 1. The van der Waals surface area contributed by atoms with Crippen molar-refractivity contribution in [2.75, 3.05) is 19.6 Å². The van der Waals surface area contributed by atoms with Gasteiger partial charge in [0.2, 0.25) is 5.91 Å². The second kappa shape index (κ2) is 6.54. The highest BCUT2D eigenvalue weighted by Gasteiger charge is 2.17. The molecule has 5 heteroatoms.